The molecule has 1 unspecified atom stereocenters. The summed E-state index contributed by atoms with van der Waals surface area (Å²) < 4.78 is 13.7. The van der Waals surface area contributed by atoms with Crippen LogP contribution in [-0.2, 0) is 4.74 Å². The molecule has 9 nitrogen and oxygen atoms in total. The number of fused-ring (bicyclic) bond motifs is 1. The molecule has 0 radical (unpaired) electrons. The van der Waals surface area contributed by atoms with E-state index < -0.39 is 0 Å². The summed E-state index contributed by atoms with van der Waals surface area (Å²) in [6.07, 6.45) is 3.20. The summed E-state index contributed by atoms with van der Waals surface area (Å²) >= 11 is 0. The van der Waals surface area contributed by atoms with E-state index in [0.717, 1.165) is 59.0 Å². The molecule has 2 aliphatic rings. The molecule has 4 aromatic rings. The van der Waals surface area contributed by atoms with Crippen LogP contribution in [0.5, 0.6) is 5.75 Å². The summed E-state index contributed by atoms with van der Waals surface area (Å²) in [6, 6.07) is 14.1. The van der Waals surface area contributed by atoms with E-state index in [1.807, 2.05) is 37.4 Å². The number of rotatable bonds is 5. The highest BCUT2D eigenvalue weighted by atomic mass is 16.5. The molecule has 1 aliphatic carbocycles. The van der Waals surface area contributed by atoms with Crippen LogP contribution in [-0.4, -0.2) is 68.0 Å². The van der Waals surface area contributed by atoms with Crippen LogP contribution in [0.1, 0.15) is 58.3 Å². The first-order valence-electron chi connectivity index (χ1n) is 13.3. The second-order valence-corrected chi connectivity index (χ2v) is 10.2. The molecule has 0 spiro atoms. The smallest absolute Gasteiger partial charge is 0.274 e. The average molecular weight is 513 g/mol. The highest BCUT2D eigenvalue weighted by Gasteiger charge is 2.29. The van der Waals surface area contributed by atoms with Gasteiger partial charge in [0, 0.05) is 24.7 Å². The fourth-order valence-corrected chi connectivity index (χ4v) is 5.53. The zero-order chi connectivity index (χ0) is 26.2. The molecule has 9 heteroatoms. The number of ether oxygens (including phenoxy) is 2. The maximum atomic E-state index is 12.6. The van der Waals surface area contributed by atoms with Crippen LogP contribution in [0.2, 0.25) is 0 Å². The molecule has 1 saturated heterocycles. The Morgan fingerprint density at radius 1 is 1.00 bits per heavy atom. The fourth-order valence-electron chi connectivity index (χ4n) is 5.53. The minimum absolute atomic E-state index is 0.0958. The predicted octanol–water partition coefficient (Wildman–Crippen LogP) is 4.30. The monoisotopic (exact) mass is 512 g/mol. The van der Waals surface area contributed by atoms with Crippen molar-refractivity contribution in [1.82, 2.24) is 29.7 Å². The lowest BCUT2D eigenvalue weighted by Crippen LogP contribution is -2.41. The quantitative estimate of drug-likeness (QED) is 0.393. The molecule has 0 bridgehead atoms. The Bertz CT molecular complexity index is 1460. The lowest BCUT2D eigenvalue weighted by molar-refractivity contribution is 0.0298. The molecule has 1 amide bonds. The largest absolute Gasteiger partial charge is 0.487 e. The summed E-state index contributed by atoms with van der Waals surface area (Å²) in [6.45, 7) is 8.33. The number of carbonyl (C=O) groups is 1. The molecule has 1 saturated carbocycles. The Morgan fingerprint density at radius 3 is 2.53 bits per heavy atom. The van der Waals surface area contributed by atoms with Crippen molar-refractivity contribution >= 4 is 11.6 Å². The van der Waals surface area contributed by atoms with Gasteiger partial charge in [-0.2, -0.15) is 5.10 Å². The summed E-state index contributed by atoms with van der Waals surface area (Å²) in [5.41, 5.74) is 7.11. The van der Waals surface area contributed by atoms with E-state index >= 15 is 0 Å². The van der Waals surface area contributed by atoms with Crippen LogP contribution in [0.15, 0.2) is 42.5 Å². The van der Waals surface area contributed by atoms with Gasteiger partial charge in [0.2, 0.25) is 0 Å². The summed E-state index contributed by atoms with van der Waals surface area (Å²) in [4.78, 5) is 19.1. The number of morpholine rings is 1. The van der Waals surface area contributed by atoms with E-state index in [1.54, 1.807) is 11.0 Å². The van der Waals surface area contributed by atoms with Crippen LogP contribution in [0.25, 0.3) is 16.9 Å². The van der Waals surface area contributed by atoms with Crippen molar-refractivity contribution in [2.24, 2.45) is 0 Å². The van der Waals surface area contributed by atoms with Crippen LogP contribution in [0, 0.1) is 20.8 Å². The van der Waals surface area contributed by atoms with Crippen molar-refractivity contribution < 1.29 is 14.3 Å². The number of carbonyl (C=O) groups excluding carboxylic acids is 1. The van der Waals surface area contributed by atoms with Gasteiger partial charge in [-0.25, -0.2) is 9.50 Å². The lowest BCUT2D eigenvalue weighted by atomic mass is 9.96. The molecule has 3 aromatic heterocycles. The molecule has 2 atom stereocenters. The second kappa shape index (κ2) is 10.1. The number of hydrogen-bond donors (Lipinski definition) is 0. The molecule has 6 rings (SSSR count). The van der Waals surface area contributed by atoms with Gasteiger partial charge >= 0.3 is 0 Å². The zero-order valence-corrected chi connectivity index (χ0v) is 22.1. The van der Waals surface area contributed by atoms with Crippen molar-refractivity contribution in [3.05, 3.63) is 70.8 Å². The fraction of sp³-hybridized carbons (Fsp3) is 0.414. The number of benzene rings is 1. The van der Waals surface area contributed by atoms with Gasteiger partial charge in [0.15, 0.2) is 17.1 Å². The maximum absolute atomic E-state index is 12.6. The van der Waals surface area contributed by atoms with Gasteiger partial charge < -0.3 is 14.4 Å². The first kappa shape index (κ1) is 24.5. The lowest BCUT2D eigenvalue weighted by Gasteiger charge is -2.26. The molecule has 196 valence electrons. The molecule has 2 fully saturated rings. The third kappa shape index (κ3) is 4.74. The standard InChI is InChI=1S/C29H32N6O3/c1-18-16-27-30-19(2)28(20(3)35(27)33-18)38-24-9-8-23(17-24)21-4-6-22(7-5-21)25-10-11-26(32-31-25)29(36)34-12-14-37-15-13-34/h4-7,10-11,16,23-24H,8-9,12-15,17H2,1-3H3/t23?,24-/m1/s1. The number of aromatic nitrogens is 5. The predicted molar refractivity (Wildman–Crippen MR) is 142 cm³/mol. The number of aryl methyl sites for hydroxylation is 3. The van der Waals surface area contributed by atoms with Crippen LogP contribution in [0.4, 0.5) is 0 Å². The van der Waals surface area contributed by atoms with Gasteiger partial charge in [-0.1, -0.05) is 24.3 Å². The highest BCUT2D eigenvalue weighted by Crippen LogP contribution is 2.38. The van der Waals surface area contributed by atoms with Gasteiger partial charge in [-0.3, -0.25) is 4.79 Å². The molecule has 4 heterocycles. The first-order valence-corrected chi connectivity index (χ1v) is 13.3. The SMILES string of the molecule is Cc1cc2nc(C)c(O[C@@H]3CCC(c4ccc(-c5ccc(C(=O)N6CCOCC6)nn5)cc4)C3)c(C)n2n1. The Labute approximate surface area is 221 Å². The van der Waals surface area contributed by atoms with Crippen molar-refractivity contribution in [1.29, 1.82) is 0 Å². The first-order chi connectivity index (χ1) is 18.5. The normalized spacial score (nSPS) is 19.7. The van der Waals surface area contributed by atoms with Crippen molar-refractivity contribution in [2.75, 3.05) is 26.3 Å². The second-order valence-electron chi connectivity index (χ2n) is 10.2. The Hall–Kier alpha value is -3.85. The van der Waals surface area contributed by atoms with E-state index in [1.165, 1.54) is 5.56 Å². The van der Waals surface area contributed by atoms with E-state index in [0.29, 0.717) is 37.9 Å². The summed E-state index contributed by atoms with van der Waals surface area (Å²) in [5, 5.41) is 13.1. The maximum Gasteiger partial charge on any atom is 0.274 e. The molecule has 1 aromatic carbocycles. The van der Waals surface area contributed by atoms with Gasteiger partial charge in [-0.15, -0.1) is 10.2 Å². The van der Waals surface area contributed by atoms with Gasteiger partial charge in [0.25, 0.3) is 5.91 Å². The van der Waals surface area contributed by atoms with Crippen molar-refractivity contribution in [3.63, 3.8) is 0 Å². The third-order valence-corrected chi connectivity index (χ3v) is 7.60. The average Bonchev–Trinajstić information content (AvgIpc) is 3.57. The summed E-state index contributed by atoms with van der Waals surface area (Å²) in [5.74, 6) is 1.19. The van der Waals surface area contributed by atoms with Gasteiger partial charge in [0.1, 0.15) is 0 Å². The summed E-state index contributed by atoms with van der Waals surface area (Å²) in [7, 11) is 0. The molecular formula is C29H32N6O3. The van der Waals surface area contributed by atoms with E-state index in [2.05, 4.69) is 39.6 Å². The molecule has 0 N–H and O–H groups in total. The van der Waals surface area contributed by atoms with Crippen LogP contribution in [0.3, 0.4) is 0 Å². The Balaban J connectivity index is 1.10. The van der Waals surface area contributed by atoms with E-state index in [9.17, 15) is 4.79 Å². The molecular weight excluding hydrogens is 480 g/mol. The molecule has 38 heavy (non-hydrogen) atoms. The minimum Gasteiger partial charge on any atom is -0.487 e. The Morgan fingerprint density at radius 2 is 1.79 bits per heavy atom. The number of hydrogen-bond acceptors (Lipinski definition) is 7. The Kier molecular flexibility index (Phi) is 6.53. The van der Waals surface area contributed by atoms with Gasteiger partial charge in [-0.05, 0) is 63.6 Å². The van der Waals surface area contributed by atoms with Crippen molar-refractivity contribution in [2.45, 2.75) is 52.1 Å². The highest BCUT2D eigenvalue weighted by molar-refractivity contribution is 5.92. The minimum atomic E-state index is -0.0958. The zero-order valence-electron chi connectivity index (χ0n) is 22.1. The number of nitrogens with zero attached hydrogens (tertiary/aromatic N) is 6. The van der Waals surface area contributed by atoms with Crippen LogP contribution >= 0.6 is 0 Å². The van der Waals surface area contributed by atoms with Crippen molar-refractivity contribution in [3.8, 4) is 17.0 Å². The number of amides is 1. The van der Waals surface area contributed by atoms with Crippen LogP contribution < -0.4 is 4.74 Å². The van der Waals surface area contributed by atoms with Gasteiger partial charge in [0.05, 0.1) is 42.1 Å². The topological polar surface area (TPSA) is 94.7 Å². The third-order valence-electron chi connectivity index (χ3n) is 7.60. The van der Waals surface area contributed by atoms with E-state index in [4.69, 9.17) is 14.5 Å². The molecule has 1 aliphatic heterocycles. The van der Waals surface area contributed by atoms with E-state index in [-0.39, 0.29) is 12.0 Å².